The molecule has 9 heteroatoms. The molecule has 9 nitrogen and oxygen atoms in total. The van der Waals surface area contributed by atoms with Gasteiger partial charge in [0, 0.05) is 37.1 Å². The van der Waals surface area contributed by atoms with Crippen LogP contribution in [0.15, 0.2) is 30.5 Å². The van der Waals surface area contributed by atoms with E-state index < -0.39 is 0 Å². The lowest BCUT2D eigenvalue weighted by molar-refractivity contribution is 0.122. The van der Waals surface area contributed by atoms with Crippen molar-refractivity contribution >= 4 is 11.5 Å². The van der Waals surface area contributed by atoms with Gasteiger partial charge in [0.15, 0.2) is 5.75 Å². The molecule has 0 amide bonds. The molecule has 0 spiro atoms. The minimum atomic E-state index is -0.00967. The zero-order valence-corrected chi connectivity index (χ0v) is 13.7. The molecule has 4 N–H and O–H groups in total. The summed E-state index contributed by atoms with van der Waals surface area (Å²) in [5.41, 5.74) is 3.51. The maximum atomic E-state index is 9.60. The normalized spacial score (nSPS) is 14.2. The molecule has 0 atom stereocenters. The van der Waals surface area contributed by atoms with E-state index in [9.17, 15) is 5.11 Å². The van der Waals surface area contributed by atoms with Crippen LogP contribution in [0.3, 0.4) is 0 Å². The number of aromatic hydroxyl groups is 1. The Labute approximate surface area is 145 Å². The number of hydrogen-bond acceptors (Lipinski definition) is 9. The molecule has 134 valence electrons. The third kappa shape index (κ3) is 4.61. The fourth-order valence-corrected chi connectivity index (χ4v) is 2.42. The van der Waals surface area contributed by atoms with Crippen molar-refractivity contribution in [2.75, 3.05) is 49.8 Å². The van der Waals surface area contributed by atoms with E-state index in [2.05, 4.69) is 20.3 Å². The lowest BCUT2D eigenvalue weighted by atomic mass is 10.3. The Morgan fingerprint density at radius 3 is 2.80 bits per heavy atom. The van der Waals surface area contributed by atoms with Crippen molar-refractivity contribution in [3.63, 3.8) is 0 Å². The third-order valence-electron chi connectivity index (χ3n) is 3.63. The summed E-state index contributed by atoms with van der Waals surface area (Å²) in [4.78, 5) is 10.4. The molecule has 1 aliphatic heterocycles. The summed E-state index contributed by atoms with van der Waals surface area (Å²) in [5.74, 6) is 6.61. The van der Waals surface area contributed by atoms with Gasteiger partial charge in [-0.05, 0) is 12.1 Å². The molecule has 1 aliphatic rings. The highest BCUT2D eigenvalue weighted by Gasteiger charge is 2.14. The molecule has 0 saturated carbocycles. The number of rotatable bonds is 7. The molecular formula is C16H21N5O4. The van der Waals surface area contributed by atoms with Crippen LogP contribution in [-0.2, 0) is 4.74 Å². The van der Waals surface area contributed by atoms with Crippen molar-refractivity contribution < 1.29 is 19.3 Å². The number of nitrogens with zero attached hydrogens (tertiary/aromatic N) is 3. The maximum absolute atomic E-state index is 9.60. The van der Waals surface area contributed by atoms with E-state index in [4.69, 9.17) is 20.1 Å². The van der Waals surface area contributed by atoms with E-state index in [1.54, 1.807) is 12.3 Å². The SMILES string of the molecule is NNc1cc(N2CCOCC2)cc(OCCOc2ncccc2O)n1. The first-order valence-electron chi connectivity index (χ1n) is 7.97. The topological polar surface area (TPSA) is 115 Å². The fraction of sp³-hybridized carbons (Fsp3) is 0.375. The molecule has 1 saturated heterocycles. The van der Waals surface area contributed by atoms with Gasteiger partial charge in [-0.15, -0.1) is 0 Å². The second-order valence-corrected chi connectivity index (χ2v) is 5.32. The Morgan fingerprint density at radius 1 is 1.24 bits per heavy atom. The summed E-state index contributed by atoms with van der Waals surface area (Å²) >= 11 is 0. The van der Waals surface area contributed by atoms with Gasteiger partial charge in [-0.25, -0.2) is 10.8 Å². The van der Waals surface area contributed by atoms with Crippen LogP contribution in [0.2, 0.25) is 0 Å². The molecule has 25 heavy (non-hydrogen) atoms. The molecule has 3 heterocycles. The van der Waals surface area contributed by atoms with E-state index in [1.807, 2.05) is 12.1 Å². The lowest BCUT2D eigenvalue weighted by Gasteiger charge is -2.29. The number of morpholine rings is 1. The zero-order chi connectivity index (χ0) is 17.5. The summed E-state index contributed by atoms with van der Waals surface area (Å²) in [7, 11) is 0. The monoisotopic (exact) mass is 347 g/mol. The van der Waals surface area contributed by atoms with Crippen molar-refractivity contribution in [1.82, 2.24) is 9.97 Å². The van der Waals surface area contributed by atoms with E-state index in [1.165, 1.54) is 6.07 Å². The summed E-state index contributed by atoms with van der Waals surface area (Å²) < 4.78 is 16.4. The van der Waals surface area contributed by atoms with Crippen LogP contribution < -0.4 is 25.6 Å². The van der Waals surface area contributed by atoms with Gasteiger partial charge in [-0.3, -0.25) is 0 Å². The van der Waals surface area contributed by atoms with E-state index in [0.717, 1.165) is 18.8 Å². The van der Waals surface area contributed by atoms with Crippen LogP contribution in [0.5, 0.6) is 17.5 Å². The first-order valence-corrected chi connectivity index (χ1v) is 7.97. The quantitative estimate of drug-likeness (QED) is 0.379. The average molecular weight is 347 g/mol. The smallest absolute Gasteiger partial charge is 0.256 e. The second-order valence-electron chi connectivity index (χ2n) is 5.32. The summed E-state index contributed by atoms with van der Waals surface area (Å²) in [6.07, 6.45) is 1.54. The van der Waals surface area contributed by atoms with Crippen molar-refractivity contribution in [3.05, 3.63) is 30.5 Å². The minimum Gasteiger partial charge on any atom is -0.503 e. The van der Waals surface area contributed by atoms with Gasteiger partial charge >= 0.3 is 0 Å². The first-order chi connectivity index (χ1) is 12.3. The van der Waals surface area contributed by atoms with Crippen LogP contribution >= 0.6 is 0 Å². The van der Waals surface area contributed by atoms with Gasteiger partial charge in [0.1, 0.15) is 19.0 Å². The predicted molar refractivity (Wildman–Crippen MR) is 92.0 cm³/mol. The molecule has 2 aromatic heterocycles. The number of nitrogens with one attached hydrogen (secondary N) is 1. The van der Waals surface area contributed by atoms with Gasteiger partial charge in [-0.2, -0.15) is 4.98 Å². The van der Waals surface area contributed by atoms with Crippen molar-refractivity contribution in [2.45, 2.75) is 0 Å². The summed E-state index contributed by atoms with van der Waals surface area (Å²) in [5, 5.41) is 9.60. The van der Waals surface area contributed by atoms with Crippen molar-refractivity contribution in [1.29, 1.82) is 0 Å². The van der Waals surface area contributed by atoms with Gasteiger partial charge in [-0.1, -0.05) is 0 Å². The highest BCUT2D eigenvalue weighted by molar-refractivity contribution is 5.56. The van der Waals surface area contributed by atoms with Crippen LogP contribution in [-0.4, -0.2) is 54.6 Å². The number of nitrogen functional groups attached to an aromatic ring is 1. The number of aromatic nitrogens is 2. The highest BCUT2D eigenvalue weighted by atomic mass is 16.5. The van der Waals surface area contributed by atoms with Crippen LogP contribution in [0.4, 0.5) is 11.5 Å². The first kappa shape index (κ1) is 17.1. The lowest BCUT2D eigenvalue weighted by Crippen LogP contribution is -2.36. The van der Waals surface area contributed by atoms with E-state index in [0.29, 0.717) is 24.9 Å². The molecule has 0 radical (unpaired) electrons. The number of hydrazine groups is 1. The Balaban J connectivity index is 1.58. The average Bonchev–Trinajstić information content (AvgIpc) is 2.67. The number of anilines is 2. The second kappa shape index (κ2) is 8.36. The van der Waals surface area contributed by atoms with Gasteiger partial charge in [0.2, 0.25) is 5.88 Å². The van der Waals surface area contributed by atoms with Crippen LogP contribution in [0, 0.1) is 0 Å². The number of hydrogen-bond donors (Lipinski definition) is 3. The highest BCUT2D eigenvalue weighted by Crippen LogP contribution is 2.24. The molecule has 0 bridgehead atoms. The molecular weight excluding hydrogens is 326 g/mol. The standard InChI is InChI=1S/C16H21N5O4/c17-20-14-10-12(21-4-6-23-7-5-21)11-15(19-14)24-8-9-25-16-13(22)2-1-3-18-16/h1-3,10-11,22H,4-9,17H2,(H,19,20). The summed E-state index contributed by atoms with van der Waals surface area (Å²) in [6.45, 7) is 3.45. The van der Waals surface area contributed by atoms with E-state index >= 15 is 0 Å². The number of nitrogens with two attached hydrogens (primary N) is 1. The van der Waals surface area contributed by atoms with Crippen LogP contribution in [0.25, 0.3) is 0 Å². The Kier molecular flexibility index (Phi) is 5.70. The Bertz CT molecular complexity index is 694. The minimum absolute atomic E-state index is 0.00967. The third-order valence-corrected chi connectivity index (χ3v) is 3.63. The summed E-state index contributed by atoms with van der Waals surface area (Å²) in [6, 6.07) is 6.85. The Hall–Kier alpha value is -2.78. The zero-order valence-electron chi connectivity index (χ0n) is 13.7. The predicted octanol–water partition coefficient (Wildman–Crippen LogP) is 0.762. The van der Waals surface area contributed by atoms with Gasteiger partial charge < -0.3 is 29.6 Å². The van der Waals surface area contributed by atoms with Gasteiger partial charge in [0.25, 0.3) is 5.88 Å². The van der Waals surface area contributed by atoms with Crippen molar-refractivity contribution in [2.24, 2.45) is 5.84 Å². The molecule has 0 aliphatic carbocycles. The molecule has 1 fully saturated rings. The van der Waals surface area contributed by atoms with Crippen molar-refractivity contribution in [3.8, 4) is 17.5 Å². The largest absolute Gasteiger partial charge is 0.503 e. The fourth-order valence-electron chi connectivity index (χ4n) is 2.42. The van der Waals surface area contributed by atoms with E-state index in [-0.39, 0.29) is 24.8 Å². The maximum Gasteiger partial charge on any atom is 0.256 e. The Morgan fingerprint density at radius 2 is 2.04 bits per heavy atom. The molecule has 0 aromatic carbocycles. The molecule has 0 unspecified atom stereocenters. The number of pyridine rings is 2. The molecule has 2 aromatic rings. The van der Waals surface area contributed by atoms with Gasteiger partial charge in [0.05, 0.1) is 13.2 Å². The van der Waals surface area contributed by atoms with Crippen LogP contribution in [0.1, 0.15) is 0 Å². The number of ether oxygens (including phenoxy) is 3. The molecule has 3 rings (SSSR count).